The Morgan fingerprint density at radius 2 is 2.12 bits per heavy atom. The molecule has 0 atom stereocenters. The number of hydrogen-bond donors (Lipinski definition) is 1. The van der Waals surface area contributed by atoms with Crippen molar-refractivity contribution >= 4 is 0 Å². The average Bonchev–Trinajstić information content (AvgIpc) is 2.89. The third-order valence-corrected chi connectivity index (χ3v) is 2.48. The van der Waals surface area contributed by atoms with Gasteiger partial charge in [-0.3, -0.25) is 0 Å². The molecule has 86 valence electrons. The molecular formula is C14H15N3. The number of aromatic nitrogens is 2. The number of nitrogens with one attached hydrogen (secondary N) is 1. The van der Waals surface area contributed by atoms with Gasteiger partial charge in [0.25, 0.3) is 0 Å². The number of benzene rings is 1. The average molecular weight is 225 g/mol. The van der Waals surface area contributed by atoms with Crippen molar-refractivity contribution in [3.05, 3.63) is 48.3 Å². The fourth-order valence-electron chi connectivity index (χ4n) is 1.58. The lowest BCUT2D eigenvalue weighted by atomic mass is 10.2. The summed E-state index contributed by atoms with van der Waals surface area (Å²) in [6.07, 6.45) is 9.66. The van der Waals surface area contributed by atoms with E-state index < -0.39 is 0 Å². The van der Waals surface area contributed by atoms with Gasteiger partial charge < -0.3 is 5.32 Å². The fraction of sp³-hybridized carbons (Fsp3) is 0.214. The van der Waals surface area contributed by atoms with Crippen LogP contribution in [0.2, 0.25) is 0 Å². The van der Waals surface area contributed by atoms with E-state index in [-0.39, 0.29) is 0 Å². The van der Waals surface area contributed by atoms with Gasteiger partial charge in [-0.1, -0.05) is 12.1 Å². The molecule has 1 aromatic heterocycles. The van der Waals surface area contributed by atoms with E-state index in [2.05, 4.69) is 40.6 Å². The van der Waals surface area contributed by atoms with Crippen molar-refractivity contribution in [2.45, 2.75) is 13.0 Å². The van der Waals surface area contributed by atoms with E-state index in [9.17, 15) is 0 Å². The van der Waals surface area contributed by atoms with Gasteiger partial charge in [0.2, 0.25) is 0 Å². The van der Waals surface area contributed by atoms with Crippen molar-refractivity contribution in [1.82, 2.24) is 15.1 Å². The number of nitrogens with zero attached hydrogens (tertiary/aromatic N) is 2. The normalized spacial score (nSPS) is 10.1. The van der Waals surface area contributed by atoms with Crippen LogP contribution in [-0.4, -0.2) is 16.3 Å². The smallest absolute Gasteiger partial charge is 0.0645 e. The molecule has 0 bridgehead atoms. The summed E-state index contributed by atoms with van der Waals surface area (Å²) in [5, 5.41) is 7.47. The van der Waals surface area contributed by atoms with Gasteiger partial charge in [0, 0.05) is 31.9 Å². The first-order valence-electron chi connectivity index (χ1n) is 5.63. The van der Waals surface area contributed by atoms with E-state index in [1.54, 1.807) is 6.20 Å². The van der Waals surface area contributed by atoms with Crippen LogP contribution in [0, 0.1) is 12.3 Å². The van der Waals surface area contributed by atoms with Gasteiger partial charge in [-0.15, -0.1) is 12.3 Å². The molecule has 0 amide bonds. The molecule has 0 radical (unpaired) electrons. The maximum absolute atomic E-state index is 5.18. The molecule has 2 rings (SSSR count). The lowest BCUT2D eigenvalue weighted by Crippen LogP contribution is -2.14. The summed E-state index contributed by atoms with van der Waals surface area (Å²) in [4.78, 5) is 0. The Morgan fingerprint density at radius 3 is 2.76 bits per heavy atom. The predicted molar refractivity (Wildman–Crippen MR) is 68.7 cm³/mol. The van der Waals surface area contributed by atoms with Crippen LogP contribution in [0.1, 0.15) is 12.0 Å². The van der Waals surface area contributed by atoms with Crippen molar-refractivity contribution < 1.29 is 0 Å². The summed E-state index contributed by atoms with van der Waals surface area (Å²) in [5.74, 6) is 2.61. The lowest BCUT2D eigenvalue weighted by molar-refractivity contribution is 0.701. The van der Waals surface area contributed by atoms with Crippen LogP contribution in [0.5, 0.6) is 0 Å². The van der Waals surface area contributed by atoms with Crippen molar-refractivity contribution in [2.75, 3.05) is 6.54 Å². The largest absolute Gasteiger partial charge is 0.312 e. The molecule has 0 aliphatic carbocycles. The molecule has 0 aliphatic rings. The molecule has 0 saturated heterocycles. The maximum Gasteiger partial charge on any atom is 0.0645 e. The second-order valence-electron chi connectivity index (χ2n) is 3.75. The molecule has 17 heavy (non-hydrogen) atoms. The zero-order valence-electron chi connectivity index (χ0n) is 9.63. The second-order valence-corrected chi connectivity index (χ2v) is 3.75. The van der Waals surface area contributed by atoms with Gasteiger partial charge in [-0.25, -0.2) is 4.68 Å². The summed E-state index contributed by atoms with van der Waals surface area (Å²) in [5.41, 5.74) is 2.32. The molecule has 0 spiro atoms. The SMILES string of the molecule is C#CCCNCc1ccc(-n2cccn2)cc1. The molecule has 0 saturated carbocycles. The predicted octanol–water partition coefficient (Wildman–Crippen LogP) is 1.99. The highest BCUT2D eigenvalue weighted by atomic mass is 15.3. The van der Waals surface area contributed by atoms with Gasteiger partial charge in [0.1, 0.15) is 0 Å². The van der Waals surface area contributed by atoms with Crippen LogP contribution in [0.3, 0.4) is 0 Å². The summed E-state index contributed by atoms with van der Waals surface area (Å²) < 4.78 is 1.84. The maximum atomic E-state index is 5.18. The van der Waals surface area contributed by atoms with Crippen LogP contribution in [0.25, 0.3) is 5.69 Å². The quantitative estimate of drug-likeness (QED) is 0.623. The highest BCUT2D eigenvalue weighted by molar-refractivity contribution is 5.33. The molecule has 1 heterocycles. The Balaban J connectivity index is 1.92. The lowest BCUT2D eigenvalue weighted by Gasteiger charge is -2.05. The molecule has 3 heteroatoms. The van der Waals surface area contributed by atoms with Crippen LogP contribution in [0.15, 0.2) is 42.7 Å². The minimum atomic E-state index is 0.769. The molecule has 0 aliphatic heterocycles. The molecule has 1 N–H and O–H groups in total. The number of rotatable bonds is 5. The van der Waals surface area contributed by atoms with Gasteiger partial charge in [0.05, 0.1) is 5.69 Å². The first-order valence-corrected chi connectivity index (χ1v) is 5.63. The van der Waals surface area contributed by atoms with Crippen molar-refractivity contribution in [3.63, 3.8) is 0 Å². The highest BCUT2D eigenvalue weighted by Gasteiger charge is 1.96. The molecular weight excluding hydrogens is 210 g/mol. The van der Waals surface area contributed by atoms with E-state index >= 15 is 0 Å². The van der Waals surface area contributed by atoms with Gasteiger partial charge in [0.15, 0.2) is 0 Å². The van der Waals surface area contributed by atoms with Gasteiger partial charge in [-0.05, 0) is 23.8 Å². The summed E-state index contributed by atoms with van der Waals surface area (Å²) >= 11 is 0. The second kappa shape index (κ2) is 5.88. The van der Waals surface area contributed by atoms with Crippen molar-refractivity contribution in [2.24, 2.45) is 0 Å². The minimum absolute atomic E-state index is 0.769. The highest BCUT2D eigenvalue weighted by Crippen LogP contribution is 2.08. The fourth-order valence-corrected chi connectivity index (χ4v) is 1.58. The molecule has 2 aromatic rings. The van der Waals surface area contributed by atoms with Crippen LogP contribution >= 0.6 is 0 Å². The first-order chi connectivity index (χ1) is 8.40. The molecule has 1 aromatic carbocycles. The Kier molecular flexibility index (Phi) is 3.95. The monoisotopic (exact) mass is 225 g/mol. The van der Waals surface area contributed by atoms with E-state index in [0.717, 1.165) is 25.2 Å². The number of hydrogen-bond acceptors (Lipinski definition) is 2. The van der Waals surface area contributed by atoms with Crippen LogP contribution < -0.4 is 5.32 Å². The minimum Gasteiger partial charge on any atom is -0.312 e. The van der Waals surface area contributed by atoms with E-state index in [1.807, 2.05) is 16.9 Å². The van der Waals surface area contributed by atoms with Gasteiger partial charge in [-0.2, -0.15) is 5.10 Å². The van der Waals surface area contributed by atoms with Crippen LogP contribution in [0.4, 0.5) is 0 Å². The summed E-state index contributed by atoms with van der Waals surface area (Å²) in [6, 6.07) is 10.2. The Hall–Kier alpha value is -2.05. The summed E-state index contributed by atoms with van der Waals surface area (Å²) in [6.45, 7) is 1.71. The van der Waals surface area contributed by atoms with E-state index in [0.29, 0.717) is 0 Å². The number of terminal acetylenes is 1. The zero-order valence-corrected chi connectivity index (χ0v) is 9.63. The zero-order chi connectivity index (χ0) is 11.9. The van der Waals surface area contributed by atoms with Crippen LogP contribution in [-0.2, 0) is 6.54 Å². The van der Waals surface area contributed by atoms with Crippen molar-refractivity contribution in [1.29, 1.82) is 0 Å². The summed E-state index contributed by atoms with van der Waals surface area (Å²) in [7, 11) is 0. The molecule has 3 nitrogen and oxygen atoms in total. The standard InChI is InChI=1S/C14H15N3/c1-2-3-9-15-12-13-5-7-14(8-6-13)17-11-4-10-16-17/h1,4-8,10-11,15H,3,9,12H2. The first kappa shape index (κ1) is 11.4. The van der Waals surface area contributed by atoms with Gasteiger partial charge >= 0.3 is 0 Å². The Morgan fingerprint density at radius 1 is 1.29 bits per heavy atom. The Labute approximate surface area is 101 Å². The van der Waals surface area contributed by atoms with Crippen molar-refractivity contribution in [3.8, 4) is 18.0 Å². The Bertz CT molecular complexity index is 477. The molecule has 0 fully saturated rings. The topological polar surface area (TPSA) is 29.9 Å². The molecule has 0 unspecified atom stereocenters. The third-order valence-electron chi connectivity index (χ3n) is 2.48. The van der Waals surface area contributed by atoms with E-state index in [4.69, 9.17) is 6.42 Å². The van der Waals surface area contributed by atoms with E-state index in [1.165, 1.54) is 5.56 Å². The third kappa shape index (κ3) is 3.20.